The normalized spacial score (nSPS) is 23.2. The van der Waals surface area contributed by atoms with Crippen LogP contribution in [0.5, 0.6) is 0 Å². The number of para-hydroxylation sites is 1. The van der Waals surface area contributed by atoms with Crippen LogP contribution < -0.4 is 5.32 Å². The minimum absolute atomic E-state index is 0.0503. The number of carbonyl (C=O) groups excluding carboxylic acids is 1. The smallest absolute Gasteiger partial charge is 0.321 e. The molecule has 4 heteroatoms. The maximum atomic E-state index is 12.5. The molecule has 4 nitrogen and oxygen atoms in total. The highest BCUT2D eigenvalue weighted by Crippen LogP contribution is 2.23. The molecule has 1 aromatic rings. The molecule has 0 aromatic heterocycles. The number of hydrogen-bond acceptors (Lipinski definition) is 2. The van der Waals surface area contributed by atoms with E-state index in [0.717, 1.165) is 49.0 Å². The number of urea groups is 1. The van der Waals surface area contributed by atoms with Gasteiger partial charge in [-0.05, 0) is 62.6 Å². The van der Waals surface area contributed by atoms with Crippen molar-refractivity contribution in [2.24, 2.45) is 11.8 Å². The van der Waals surface area contributed by atoms with Gasteiger partial charge in [0.15, 0.2) is 0 Å². The van der Waals surface area contributed by atoms with Crippen molar-refractivity contribution in [2.45, 2.75) is 39.5 Å². The van der Waals surface area contributed by atoms with Gasteiger partial charge in [-0.25, -0.2) is 4.79 Å². The number of aryl methyl sites for hydroxylation is 1. The second-order valence-corrected chi connectivity index (χ2v) is 7.68. The molecule has 0 spiro atoms. The zero-order valence-corrected chi connectivity index (χ0v) is 15.1. The first kappa shape index (κ1) is 17.3. The molecule has 1 atom stereocenters. The van der Waals surface area contributed by atoms with Crippen LogP contribution in [-0.4, -0.2) is 48.6 Å². The number of benzene rings is 1. The molecule has 0 radical (unpaired) electrons. The summed E-state index contributed by atoms with van der Waals surface area (Å²) < 4.78 is 0. The van der Waals surface area contributed by atoms with E-state index in [1.165, 1.54) is 32.5 Å². The first-order valence-electron chi connectivity index (χ1n) is 9.45. The van der Waals surface area contributed by atoms with Crippen molar-refractivity contribution in [1.82, 2.24) is 9.80 Å². The van der Waals surface area contributed by atoms with E-state index in [2.05, 4.69) is 17.1 Å². The second kappa shape index (κ2) is 8.02. The van der Waals surface area contributed by atoms with Crippen molar-refractivity contribution in [3.05, 3.63) is 29.8 Å². The number of likely N-dealkylation sites (tertiary alicyclic amines) is 2. The first-order chi connectivity index (χ1) is 11.6. The lowest BCUT2D eigenvalue weighted by atomic mass is 9.94. The Kier molecular flexibility index (Phi) is 5.77. The molecule has 2 heterocycles. The van der Waals surface area contributed by atoms with Crippen molar-refractivity contribution in [2.75, 3.05) is 38.0 Å². The van der Waals surface area contributed by atoms with Gasteiger partial charge in [0.25, 0.3) is 0 Å². The van der Waals surface area contributed by atoms with Gasteiger partial charge in [0, 0.05) is 31.9 Å². The van der Waals surface area contributed by atoms with E-state index in [4.69, 9.17) is 0 Å². The molecule has 1 N–H and O–H groups in total. The van der Waals surface area contributed by atoms with Crippen molar-refractivity contribution in [3.63, 3.8) is 0 Å². The average molecular weight is 329 g/mol. The maximum absolute atomic E-state index is 12.5. The lowest BCUT2D eigenvalue weighted by Crippen LogP contribution is -2.44. The molecule has 1 aromatic carbocycles. The minimum atomic E-state index is 0.0503. The van der Waals surface area contributed by atoms with Gasteiger partial charge in [0.2, 0.25) is 0 Å². The minimum Gasteiger partial charge on any atom is -0.325 e. The van der Waals surface area contributed by atoms with E-state index in [9.17, 15) is 4.79 Å². The van der Waals surface area contributed by atoms with Crippen LogP contribution in [0.3, 0.4) is 0 Å². The molecule has 2 aliphatic heterocycles. The molecule has 3 rings (SSSR count). The van der Waals surface area contributed by atoms with E-state index in [1.807, 2.05) is 36.1 Å². The molecule has 132 valence electrons. The number of piperidine rings is 2. The Morgan fingerprint density at radius 2 is 1.92 bits per heavy atom. The zero-order chi connectivity index (χ0) is 16.9. The summed E-state index contributed by atoms with van der Waals surface area (Å²) in [5, 5.41) is 3.06. The highest BCUT2D eigenvalue weighted by molar-refractivity contribution is 5.90. The number of rotatable bonds is 3. The van der Waals surface area contributed by atoms with Crippen LogP contribution in [0.1, 0.15) is 38.2 Å². The van der Waals surface area contributed by atoms with Gasteiger partial charge < -0.3 is 15.1 Å². The Morgan fingerprint density at radius 1 is 1.17 bits per heavy atom. The highest BCUT2D eigenvalue weighted by Gasteiger charge is 2.26. The van der Waals surface area contributed by atoms with E-state index in [0.29, 0.717) is 0 Å². The highest BCUT2D eigenvalue weighted by atomic mass is 16.2. The van der Waals surface area contributed by atoms with Gasteiger partial charge in [-0.2, -0.15) is 0 Å². The lowest BCUT2D eigenvalue weighted by molar-refractivity contribution is 0.125. The molecule has 2 amide bonds. The van der Waals surface area contributed by atoms with Crippen LogP contribution >= 0.6 is 0 Å². The summed E-state index contributed by atoms with van der Waals surface area (Å²) in [5.74, 6) is 1.59. The Bertz CT molecular complexity index is 552. The first-order valence-corrected chi connectivity index (χ1v) is 9.45. The molecule has 0 aliphatic carbocycles. The number of amides is 2. The van der Waals surface area contributed by atoms with Crippen LogP contribution in [-0.2, 0) is 0 Å². The van der Waals surface area contributed by atoms with Gasteiger partial charge in [0.05, 0.1) is 0 Å². The second-order valence-electron chi connectivity index (χ2n) is 7.68. The summed E-state index contributed by atoms with van der Waals surface area (Å²) in [4.78, 5) is 17.1. The average Bonchev–Trinajstić information content (AvgIpc) is 2.57. The molecule has 2 saturated heterocycles. The van der Waals surface area contributed by atoms with Crippen LogP contribution in [0.25, 0.3) is 0 Å². The third kappa shape index (κ3) is 4.50. The van der Waals surface area contributed by atoms with Gasteiger partial charge in [-0.15, -0.1) is 0 Å². The molecular formula is C20H31N3O. The number of nitrogens with one attached hydrogen (secondary N) is 1. The monoisotopic (exact) mass is 329 g/mol. The van der Waals surface area contributed by atoms with Crippen LogP contribution in [0.4, 0.5) is 10.5 Å². The van der Waals surface area contributed by atoms with Gasteiger partial charge in [-0.1, -0.05) is 25.1 Å². The van der Waals surface area contributed by atoms with E-state index >= 15 is 0 Å². The van der Waals surface area contributed by atoms with E-state index < -0.39 is 0 Å². The van der Waals surface area contributed by atoms with E-state index in [1.54, 1.807) is 0 Å². The van der Waals surface area contributed by atoms with Crippen LogP contribution in [0.15, 0.2) is 24.3 Å². The van der Waals surface area contributed by atoms with Crippen molar-refractivity contribution < 1.29 is 4.79 Å². The quantitative estimate of drug-likeness (QED) is 0.911. The summed E-state index contributed by atoms with van der Waals surface area (Å²) in [6, 6.07) is 8.01. The molecule has 0 unspecified atom stereocenters. The Balaban J connectivity index is 1.44. The fourth-order valence-corrected chi connectivity index (χ4v) is 4.04. The summed E-state index contributed by atoms with van der Waals surface area (Å²) in [6.45, 7) is 9.90. The summed E-state index contributed by atoms with van der Waals surface area (Å²) in [6.07, 6.45) is 4.99. The molecule has 0 saturated carbocycles. The lowest BCUT2D eigenvalue weighted by Gasteiger charge is -2.37. The van der Waals surface area contributed by atoms with Crippen molar-refractivity contribution >= 4 is 11.7 Å². The van der Waals surface area contributed by atoms with E-state index in [-0.39, 0.29) is 6.03 Å². The molecular weight excluding hydrogens is 298 g/mol. The van der Waals surface area contributed by atoms with Gasteiger partial charge >= 0.3 is 6.03 Å². The summed E-state index contributed by atoms with van der Waals surface area (Å²) >= 11 is 0. The summed E-state index contributed by atoms with van der Waals surface area (Å²) in [5.41, 5.74) is 2.03. The maximum Gasteiger partial charge on any atom is 0.321 e. The predicted molar refractivity (Wildman–Crippen MR) is 99.3 cm³/mol. The SMILES string of the molecule is Cc1ccccc1NC(=O)N1CCC(CN2CCC[C@@H](C)C2)CC1. The molecule has 2 fully saturated rings. The fourth-order valence-electron chi connectivity index (χ4n) is 4.04. The standard InChI is InChI=1S/C20H31N3O/c1-16-6-5-11-22(14-16)15-18-9-12-23(13-10-18)20(24)21-19-8-4-3-7-17(19)2/h3-4,7-8,16,18H,5-6,9-15H2,1-2H3,(H,21,24)/t16-/m1/s1. The third-order valence-electron chi connectivity index (χ3n) is 5.55. The van der Waals surface area contributed by atoms with Gasteiger partial charge in [0.1, 0.15) is 0 Å². The number of anilines is 1. The fraction of sp³-hybridized carbons (Fsp3) is 0.650. The predicted octanol–water partition coefficient (Wildman–Crippen LogP) is 3.97. The van der Waals surface area contributed by atoms with Crippen molar-refractivity contribution in [3.8, 4) is 0 Å². The molecule has 2 aliphatic rings. The third-order valence-corrected chi connectivity index (χ3v) is 5.55. The van der Waals surface area contributed by atoms with Crippen LogP contribution in [0, 0.1) is 18.8 Å². The van der Waals surface area contributed by atoms with Gasteiger partial charge in [-0.3, -0.25) is 0 Å². The molecule has 24 heavy (non-hydrogen) atoms. The molecule has 0 bridgehead atoms. The number of nitrogens with zero attached hydrogens (tertiary/aromatic N) is 2. The number of carbonyl (C=O) groups is 1. The largest absolute Gasteiger partial charge is 0.325 e. The Hall–Kier alpha value is -1.55. The zero-order valence-electron chi connectivity index (χ0n) is 15.1. The Morgan fingerprint density at radius 3 is 2.62 bits per heavy atom. The van der Waals surface area contributed by atoms with Crippen LogP contribution in [0.2, 0.25) is 0 Å². The number of hydrogen-bond donors (Lipinski definition) is 1. The summed E-state index contributed by atoms with van der Waals surface area (Å²) in [7, 11) is 0. The van der Waals surface area contributed by atoms with Crippen molar-refractivity contribution in [1.29, 1.82) is 0 Å². The Labute approximate surface area is 146 Å². The topological polar surface area (TPSA) is 35.6 Å².